The van der Waals surface area contributed by atoms with Gasteiger partial charge in [0.05, 0.1) is 12.3 Å². The van der Waals surface area contributed by atoms with E-state index < -0.39 is 0 Å². The summed E-state index contributed by atoms with van der Waals surface area (Å²) >= 11 is 5.58. The van der Waals surface area contributed by atoms with Crippen molar-refractivity contribution in [2.24, 2.45) is 0 Å². The van der Waals surface area contributed by atoms with Crippen molar-refractivity contribution in [1.29, 1.82) is 0 Å². The van der Waals surface area contributed by atoms with Crippen molar-refractivity contribution in [1.82, 2.24) is 4.98 Å². The highest BCUT2D eigenvalue weighted by atomic mass is 35.5. The first-order chi connectivity index (χ1) is 10.3. The van der Waals surface area contributed by atoms with Gasteiger partial charge >= 0.3 is 0 Å². The van der Waals surface area contributed by atoms with Crippen LogP contribution in [0, 0.1) is 0 Å². The van der Waals surface area contributed by atoms with Crippen LogP contribution in [0.1, 0.15) is 22.5 Å². The number of nitrogens with zero attached hydrogens (tertiary/aromatic N) is 1. The zero-order valence-corrected chi connectivity index (χ0v) is 12.3. The molecule has 0 saturated heterocycles. The predicted octanol–water partition coefficient (Wildman–Crippen LogP) is 3.99. The summed E-state index contributed by atoms with van der Waals surface area (Å²) in [7, 11) is 0. The van der Waals surface area contributed by atoms with E-state index in [-0.39, 0.29) is 5.78 Å². The number of carbonyl (C=O) groups is 1. The third kappa shape index (κ3) is 5.04. The van der Waals surface area contributed by atoms with Gasteiger partial charge in [0.25, 0.3) is 0 Å². The fourth-order valence-corrected chi connectivity index (χ4v) is 1.80. The van der Waals surface area contributed by atoms with Crippen LogP contribution in [0.3, 0.4) is 0 Å². The quantitative estimate of drug-likeness (QED) is 0.336. The molecule has 0 aliphatic carbocycles. The molecular weight excluding hydrogens is 286 g/mol. The summed E-state index contributed by atoms with van der Waals surface area (Å²) in [6.07, 6.45) is 5.71. The van der Waals surface area contributed by atoms with Gasteiger partial charge in [0.1, 0.15) is 5.75 Å². The molecule has 0 aliphatic rings. The first-order valence-electron chi connectivity index (χ1n) is 6.72. The smallest absolute Gasteiger partial charge is 0.185 e. The first-order valence-corrected chi connectivity index (χ1v) is 7.25. The monoisotopic (exact) mass is 301 g/mol. The third-order valence-electron chi connectivity index (χ3n) is 2.78. The maximum Gasteiger partial charge on any atom is 0.185 e. The topological polar surface area (TPSA) is 39.2 Å². The lowest BCUT2D eigenvalue weighted by atomic mass is 10.1. The molecule has 1 aromatic carbocycles. The van der Waals surface area contributed by atoms with Gasteiger partial charge in [0.15, 0.2) is 5.78 Å². The SMILES string of the molecule is O=C(C=Cc1ccccn1)c1ccc(OCCCCl)cc1. The number of aromatic nitrogens is 1. The fraction of sp³-hybridized carbons (Fsp3) is 0.176. The van der Waals surface area contributed by atoms with E-state index in [1.54, 1.807) is 36.5 Å². The molecule has 1 aromatic heterocycles. The van der Waals surface area contributed by atoms with Gasteiger partial charge in [-0.05, 0) is 55.0 Å². The molecule has 3 nitrogen and oxygen atoms in total. The van der Waals surface area contributed by atoms with Crippen molar-refractivity contribution in [3.05, 3.63) is 66.0 Å². The van der Waals surface area contributed by atoms with Crippen molar-refractivity contribution in [2.45, 2.75) is 6.42 Å². The van der Waals surface area contributed by atoms with Gasteiger partial charge in [-0.25, -0.2) is 0 Å². The minimum atomic E-state index is -0.0621. The van der Waals surface area contributed by atoms with Crippen LogP contribution in [-0.2, 0) is 0 Å². The number of hydrogen-bond acceptors (Lipinski definition) is 3. The van der Waals surface area contributed by atoms with Crippen molar-refractivity contribution in [3.63, 3.8) is 0 Å². The number of allylic oxidation sites excluding steroid dienone is 1. The Labute approximate surface area is 129 Å². The molecule has 2 rings (SSSR count). The predicted molar refractivity (Wildman–Crippen MR) is 84.9 cm³/mol. The molecular formula is C17H16ClNO2. The van der Waals surface area contributed by atoms with Gasteiger partial charge in [-0.3, -0.25) is 9.78 Å². The Balaban J connectivity index is 1.95. The maximum absolute atomic E-state index is 12.0. The molecule has 0 spiro atoms. The number of pyridine rings is 1. The minimum Gasteiger partial charge on any atom is -0.494 e. The van der Waals surface area contributed by atoms with Gasteiger partial charge in [0.2, 0.25) is 0 Å². The van der Waals surface area contributed by atoms with E-state index in [4.69, 9.17) is 16.3 Å². The summed E-state index contributed by atoms with van der Waals surface area (Å²) in [4.78, 5) is 16.1. The number of halogens is 1. The van der Waals surface area contributed by atoms with E-state index >= 15 is 0 Å². The number of ketones is 1. The molecule has 0 aliphatic heterocycles. The maximum atomic E-state index is 12.0. The average Bonchev–Trinajstić information content (AvgIpc) is 2.54. The number of rotatable bonds is 7. The van der Waals surface area contributed by atoms with Crippen LogP contribution in [0.25, 0.3) is 6.08 Å². The van der Waals surface area contributed by atoms with Gasteiger partial charge in [-0.15, -0.1) is 11.6 Å². The minimum absolute atomic E-state index is 0.0621. The summed E-state index contributed by atoms with van der Waals surface area (Å²) in [6.45, 7) is 0.580. The lowest BCUT2D eigenvalue weighted by Gasteiger charge is -2.05. The van der Waals surface area contributed by atoms with Gasteiger partial charge in [-0.2, -0.15) is 0 Å². The van der Waals surface area contributed by atoms with Crippen molar-refractivity contribution in [3.8, 4) is 5.75 Å². The molecule has 0 amide bonds. The van der Waals surface area contributed by atoms with E-state index in [9.17, 15) is 4.79 Å². The number of alkyl halides is 1. The van der Waals surface area contributed by atoms with Crippen LogP contribution in [0.4, 0.5) is 0 Å². The Kier molecular flexibility index (Phi) is 5.98. The highest BCUT2D eigenvalue weighted by Gasteiger charge is 2.02. The van der Waals surface area contributed by atoms with Crippen molar-refractivity contribution in [2.75, 3.05) is 12.5 Å². The third-order valence-corrected chi connectivity index (χ3v) is 3.05. The Morgan fingerprint density at radius 3 is 2.67 bits per heavy atom. The van der Waals surface area contributed by atoms with E-state index in [0.717, 1.165) is 17.9 Å². The molecule has 21 heavy (non-hydrogen) atoms. The van der Waals surface area contributed by atoms with Crippen LogP contribution < -0.4 is 4.74 Å². The fourth-order valence-electron chi connectivity index (χ4n) is 1.69. The summed E-state index contributed by atoms with van der Waals surface area (Å²) < 4.78 is 5.49. The van der Waals surface area contributed by atoms with Crippen molar-refractivity contribution < 1.29 is 9.53 Å². The first kappa shape index (κ1) is 15.3. The molecule has 2 aromatic rings. The van der Waals surface area contributed by atoms with Crippen LogP contribution >= 0.6 is 11.6 Å². The van der Waals surface area contributed by atoms with Crippen LogP contribution in [0.2, 0.25) is 0 Å². The summed E-state index contributed by atoms with van der Waals surface area (Å²) in [5, 5.41) is 0. The van der Waals surface area contributed by atoms with E-state index in [0.29, 0.717) is 18.1 Å². The lowest BCUT2D eigenvalue weighted by molar-refractivity contribution is 0.104. The number of hydrogen-bond donors (Lipinski definition) is 0. The number of benzene rings is 1. The molecule has 0 saturated carbocycles. The Morgan fingerprint density at radius 1 is 1.19 bits per heavy atom. The van der Waals surface area contributed by atoms with Crippen molar-refractivity contribution >= 4 is 23.5 Å². The summed E-state index contributed by atoms with van der Waals surface area (Å²) in [5.74, 6) is 1.26. The normalized spacial score (nSPS) is 10.7. The Hall–Kier alpha value is -2.13. The largest absolute Gasteiger partial charge is 0.494 e. The molecule has 0 N–H and O–H groups in total. The van der Waals surface area contributed by atoms with E-state index in [1.807, 2.05) is 18.2 Å². The second-order valence-electron chi connectivity index (χ2n) is 4.37. The standard InChI is InChI=1S/C17H16ClNO2/c18-11-3-13-21-16-8-5-14(6-9-16)17(20)10-7-15-4-1-2-12-19-15/h1-2,4-10,12H,3,11,13H2. The molecule has 0 radical (unpaired) electrons. The van der Waals surface area contributed by atoms with E-state index in [1.165, 1.54) is 6.08 Å². The molecule has 1 heterocycles. The summed E-state index contributed by atoms with van der Waals surface area (Å²) in [6, 6.07) is 12.6. The molecule has 0 bridgehead atoms. The number of carbonyl (C=O) groups excluding carboxylic acids is 1. The van der Waals surface area contributed by atoms with Crippen LogP contribution in [0.5, 0.6) is 5.75 Å². The van der Waals surface area contributed by atoms with Crippen LogP contribution in [-0.4, -0.2) is 23.3 Å². The highest BCUT2D eigenvalue weighted by molar-refractivity contribution is 6.17. The zero-order valence-electron chi connectivity index (χ0n) is 11.5. The lowest BCUT2D eigenvalue weighted by Crippen LogP contribution is -1.99. The van der Waals surface area contributed by atoms with Crippen LogP contribution in [0.15, 0.2) is 54.7 Å². The Bertz CT molecular complexity index is 594. The van der Waals surface area contributed by atoms with Gasteiger partial charge in [-0.1, -0.05) is 6.07 Å². The second kappa shape index (κ2) is 8.22. The Morgan fingerprint density at radius 2 is 2.00 bits per heavy atom. The summed E-state index contributed by atoms with van der Waals surface area (Å²) in [5.41, 5.74) is 1.37. The molecule has 108 valence electrons. The highest BCUT2D eigenvalue weighted by Crippen LogP contribution is 2.13. The molecule has 0 unspecified atom stereocenters. The number of ether oxygens (including phenoxy) is 1. The zero-order chi connectivity index (χ0) is 14.9. The van der Waals surface area contributed by atoms with E-state index in [2.05, 4.69) is 4.98 Å². The van der Waals surface area contributed by atoms with Gasteiger partial charge < -0.3 is 4.74 Å². The van der Waals surface area contributed by atoms with Gasteiger partial charge in [0, 0.05) is 17.6 Å². The average molecular weight is 302 g/mol. The second-order valence-corrected chi connectivity index (χ2v) is 4.75. The molecule has 0 atom stereocenters. The molecule has 0 fully saturated rings. The molecule has 4 heteroatoms.